The van der Waals surface area contributed by atoms with Crippen molar-refractivity contribution < 1.29 is 24.2 Å². The first-order valence-electron chi connectivity index (χ1n) is 13.2. The molecule has 2 aromatic carbocycles. The number of anilines is 2. The molecule has 10 nitrogen and oxygen atoms in total. The van der Waals surface area contributed by atoms with Gasteiger partial charge in [-0.1, -0.05) is 33.8 Å². The van der Waals surface area contributed by atoms with Gasteiger partial charge in [-0.15, -0.1) is 0 Å². The fourth-order valence-corrected chi connectivity index (χ4v) is 4.13. The first-order chi connectivity index (χ1) is 19.5. The summed E-state index contributed by atoms with van der Waals surface area (Å²) in [5.74, 6) is -1.59. The number of rotatable bonds is 9. The van der Waals surface area contributed by atoms with E-state index in [1.807, 2.05) is 27.7 Å². The molecule has 212 valence electrons. The van der Waals surface area contributed by atoms with Crippen LogP contribution >= 0.6 is 0 Å². The Bertz CT molecular complexity index is 1630. The first-order valence-corrected chi connectivity index (χ1v) is 13.2. The number of amides is 2. The van der Waals surface area contributed by atoms with Crippen molar-refractivity contribution in [1.82, 2.24) is 15.3 Å². The summed E-state index contributed by atoms with van der Waals surface area (Å²) in [6, 6.07) is 14.5. The molecule has 10 heteroatoms. The monoisotopic (exact) mass is 555 g/mol. The van der Waals surface area contributed by atoms with Gasteiger partial charge < -0.3 is 26.2 Å². The van der Waals surface area contributed by atoms with Gasteiger partial charge in [-0.05, 0) is 65.3 Å². The number of carbonyl (C=O) groups excluding carboxylic acids is 2. The number of fused-ring (bicyclic) bond motifs is 1. The van der Waals surface area contributed by atoms with Crippen molar-refractivity contribution in [2.75, 3.05) is 24.2 Å². The van der Waals surface area contributed by atoms with Crippen LogP contribution in [0.25, 0.3) is 21.9 Å². The summed E-state index contributed by atoms with van der Waals surface area (Å²) in [6.07, 6.45) is 2.32. The second-order valence-electron chi connectivity index (χ2n) is 10.8. The number of carboxylic acids is 1. The van der Waals surface area contributed by atoms with Gasteiger partial charge in [0.15, 0.2) is 0 Å². The minimum Gasteiger partial charge on any atom is -0.478 e. The van der Waals surface area contributed by atoms with Crippen molar-refractivity contribution >= 4 is 40.1 Å². The zero-order valence-corrected chi connectivity index (χ0v) is 23.4. The second kappa shape index (κ2) is 12.0. The standard InChI is InChI=1S/C31H33N5O5/c1-5-14-41-25-11-10-23(22-8-6-19(16-24(22)30(39)40)28(37)34-17-31(2,3)4)26(36-25)29(38)35-20-7-9-21-18(15-20)12-13-33-27(21)32/h6-13,15-16H,5,14,17H2,1-4H3,(H2,32,33)(H,34,37)(H,35,38)(H,39,40). The summed E-state index contributed by atoms with van der Waals surface area (Å²) in [4.78, 5) is 47.2. The van der Waals surface area contributed by atoms with E-state index in [0.29, 0.717) is 24.7 Å². The molecule has 0 bridgehead atoms. The van der Waals surface area contributed by atoms with E-state index in [-0.39, 0.29) is 45.1 Å². The largest absolute Gasteiger partial charge is 0.478 e. The molecule has 5 N–H and O–H groups in total. The molecule has 41 heavy (non-hydrogen) atoms. The van der Waals surface area contributed by atoms with Crippen molar-refractivity contribution in [1.29, 1.82) is 0 Å². The maximum atomic E-state index is 13.6. The number of benzene rings is 2. The lowest BCUT2D eigenvalue weighted by Crippen LogP contribution is -2.32. The molecule has 0 aliphatic heterocycles. The fourth-order valence-electron chi connectivity index (χ4n) is 4.13. The number of nitrogens with two attached hydrogens (primary N) is 1. The quantitative estimate of drug-likeness (QED) is 0.214. The highest BCUT2D eigenvalue weighted by atomic mass is 16.5. The van der Waals surface area contributed by atoms with Gasteiger partial charge in [0.2, 0.25) is 5.88 Å². The SMILES string of the molecule is CCCOc1ccc(-c2ccc(C(=O)NCC(C)(C)C)cc2C(=O)O)c(C(=O)Nc2ccc3c(N)nccc3c2)n1. The van der Waals surface area contributed by atoms with E-state index in [9.17, 15) is 19.5 Å². The van der Waals surface area contributed by atoms with Crippen LogP contribution in [0, 0.1) is 5.41 Å². The maximum Gasteiger partial charge on any atom is 0.336 e. The van der Waals surface area contributed by atoms with Gasteiger partial charge in [0.05, 0.1) is 12.2 Å². The zero-order valence-electron chi connectivity index (χ0n) is 23.4. The van der Waals surface area contributed by atoms with Gasteiger partial charge in [-0.2, -0.15) is 0 Å². The number of nitrogens with zero attached hydrogens (tertiary/aromatic N) is 2. The van der Waals surface area contributed by atoms with Crippen LogP contribution in [0.3, 0.4) is 0 Å². The Kier molecular flexibility index (Phi) is 8.51. The summed E-state index contributed by atoms with van der Waals surface area (Å²) >= 11 is 0. The molecule has 0 unspecified atom stereocenters. The summed E-state index contributed by atoms with van der Waals surface area (Å²) in [7, 11) is 0. The third-order valence-corrected chi connectivity index (χ3v) is 6.17. The number of aromatic nitrogens is 2. The molecule has 0 saturated carbocycles. The number of pyridine rings is 2. The Morgan fingerprint density at radius 1 is 0.976 bits per heavy atom. The third kappa shape index (κ3) is 6.96. The lowest BCUT2D eigenvalue weighted by Gasteiger charge is -2.19. The van der Waals surface area contributed by atoms with Gasteiger partial charge in [-0.25, -0.2) is 14.8 Å². The molecular formula is C31H33N5O5. The lowest BCUT2D eigenvalue weighted by molar-refractivity contribution is 0.0697. The van der Waals surface area contributed by atoms with Crippen molar-refractivity contribution in [3.63, 3.8) is 0 Å². The molecular weight excluding hydrogens is 522 g/mol. The molecule has 0 spiro atoms. The molecule has 2 heterocycles. The number of carbonyl (C=O) groups is 3. The van der Waals surface area contributed by atoms with Crippen LogP contribution in [0.2, 0.25) is 0 Å². The predicted molar refractivity (Wildman–Crippen MR) is 158 cm³/mol. The van der Waals surface area contributed by atoms with Crippen molar-refractivity contribution in [2.45, 2.75) is 34.1 Å². The Morgan fingerprint density at radius 2 is 1.73 bits per heavy atom. The molecule has 0 saturated heterocycles. The summed E-state index contributed by atoms with van der Waals surface area (Å²) in [6.45, 7) is 8.71. The van der Waals surface area contributed by atoms with Crippen LogP contribution in [-0.2, 0) is 0 Å². The zero-order chi connectivity index (χ0) is 29.7. The summed E-state index contributed by atoms with van der Waals surface area (Å²) < 4.78 is 5.66. The molecule has 2 amide bonds. The van der Waals surface area contributed by atoms with Crippen LogP contribution < -0.4 is 21.1 Å². The Labute approximate surface area is 238 Å². The van der Waals surface area contributed by atoms with E-state index in [1.165, 1.54) is 18.2 Å². The minimum atomic E-state index is -1.25. The van der Waals surface area contributed by atoms with Gasteiger partial charge in [0, 0.05) is 41.0 Å². The number of hydrogen-bond acceptors (Lipinski definition) is 7. The summed E-state index contributed by atoms with van der Waals surface area (Å²) in [5, 5.41) is 17.3. The molecule has 2 aromatic heterocycles. The number of nitrogen functional groups attached to an aromatic ring is 1. The van der Waals surface area contributed by atoms with Gasteiger partial charge in [0.1, 0.15) is 11.5 Å². The molecule has 0 aliphatic carbocycles. The third-order valence-electron chi connectivity index (χ3n) is 6.17. The second-order valence-corrected chi connectivity index (χ2v) is 10.8. The number of nitrogens with one attached hydrogen (secondary N) is 2. The van der Waals surface area contributed by atoms with Crippen molar-refractivity contribution in [3.8, 4) is 17.0 Å². The fraction of sp³-hybridized carbons (Fsp3) is 0.258. The van der Waals surface area contributed by atoms with E-state index < -0.39 is 11.9 Å². The van der Waals surface area contributed by atoms with E-state index in [4.69, 9.17) is 10.5 Å². The topological polar surface area (TPSA) is 157 Å². The van der Waals surface area contributed by atoms with E-state index in [0.717, 1.165) is 17.2 Å². The van der Waals surface area contributed by atoms with E-state index in [1.54, 1.807) is 42.6 Å². The van der Waals surface area contributed by atoms with Crippen LogP contribution in [-0.4, -0.2) is 46.0 Å². The molecule has 0 radical (unpaired) electrons. The van der Waals surface area contributed by atoms with Crippen molar-refractivity contribution in [3.05, 3.63) is 77.6 Å². The van der Waals surface area contributed by atoms with Crippen LogP contribution in [0.4, 0.5) is 11.5 Å². The van der Waals surface area contributed by atoms with Crippen LogP contribution in [0.15, 0.2) is 60.8 Å². The van der Waals surface area contributed by atoms with E-state index in [2.05, 4.69) is 20.6 Å². The van der Waals surface area contributed by atoms with Crippen molar-refractivity contribution in [2.24, 2.45) is 5.41 Å². The number of aromatic carboxylic acids is 1. The molecule has 0 atom stereocenters. The molecule has 0 aliphatic rings. The lowest BCUT2D eigenvalue weighted by atomic mass is 9.95. The van der Waals surface area contributed by atoms with Gasteiger partial charge in [0.25, 0.3) is 11.8 Å². The summed E-state index contributed by atoms with van der Waals surface area (Å²) in [5.41, 5.74) is 6.84. The highest BCUT2D eigenvalue weighted by Crippen LogP contribution is 2.31. The Hall–Kier alpha value is -4.99. The smallest absolute Gasteiger partial charge is 0.336 e. The first kappa shape index (κ1) is 29.0. The average molecular weight is 556 g/mol. The number of hydrogen-bond donors (Lipinski definition) is 4. The van der Waals surface area contributed by atoms with Gasteiger partial charge in [-0.3, -0.25) is 9.59 Å². The normalized spacial score (nSPS) is 11.2. The highest BCUT2D eigenvalue weighted by molar-refractivity contribution is 6.10. The highest BCUT2D eigenvalue weighted by Gasteiger charge is 2.23. The minimum absolute atomic E-state index is 0.0274. The van der Waals surface area contributed by atoms with Crippen LogP contribution in [0.5, 0.6) is 5.88 Å². The van der Waals surface area contributed by atoms with Gasteiger partial charge >= 0.3 is 5.97 Å². The molecule has 4 rings (SSSR count). The Morgan fingerprint density at radius 3 is 2.44 bits per heavy atom. The number of ether oxygens (including phenoxy) is 1. The molecule has 0 fully saturated rings. The Balaban J connectivity index is 1.74. The molecule has 4 aromatic rings. The number of carboxylic acid groups (broad SMARTS) is 1. The predicted octanol–water partition coefficient (Wildman–Crippen LogP) is 5.39. The maximum absolute atomic E-state index is 13.6. The van der Waals surface area contributed by atoms with E-state index >= 15 is 0 Å². The average Bonchev–Trinajstić information content (AvgIpc) is 2.94. The van der Waals surface area contributed by atoms with Crippen LogP contribution in [0.1, 0.15) is 65.3 Å².